The molecule has 0 bridgehead atoms. The van der Waals surface area contributed by atoms with Gasteiger partial charge in [-0.25, -0.2) is 14.6 Å². The number of hydrogen-bond acceptors (Lipinski definition) is 6. The molecule has 0 unspecified atom stereocenters. The van der Waals surface area contributed by atoms with Gasteiger partial charge in [-0.05, 0) is 41.8 Å². The van der Waals surface area contributed by atoms with Crippen molar-refractivity contribution in [1.29, 1.82) is 0 Å². The molecule has 33 heavy (non-hydrogen) atoms. The van der Waals surface area contributed by atoms with Crippen LogP contribution in [-0.4, -0.2) is 42.6 Å². The molecule has 4 aromatic rings. The number of likely N-dealkylation sites (N-methyl/N-ethyl adjacent to an activating group) is 1. The fourth-order valence-electron chi connectivity index (χ4n) is 3.37. The number of rotatable bonds is 7. The molecule has 0 aliphatic rings. The molecule has 0 radical (unpaired) electrons. The van der Waals surface area contributed by atoms with E-state index in [-0.39, 0.29) is 12.7 Å². The lowest BCUT2D eigenvalue weighted by Crippen LogP contribution is -2.29. The minimum Gasteiger partial charge on any atom is -0.465 e. The number of ether oxygens (including phenoxy) is 2. The normalized spacial score (nSPS) is 10.7. The summed E-state index contributed by atoms with van der Waals surface area (Å²) < 4.78 is 16.0. The summed E-state index contributed by atoms with van der Waals surface area (Å²) >= 11 is 0. The lowest BCUT2D eigenvalue weighted by atomic mass is 10.1. The maximum Gasteiger partial charge on any atom is 0.409 e. The monoisotopic (exact) mass is 444 g/mol. The van der Waals surface area contributed by atoms with Gasteiger partial charge in [-0.3, -0.25) is 0 Å². The summed E-state index contributed by atoms with van der Waals surface area (Å²) in [5, 5.41) is 0. The van der Waals surface area contributed by atoms with E-state index in [4.69, 9.17) is 13.9 Å². The predicted octanol–water partition coefficient (Wildman–Crippen LogP) is 5.09. The molecule has 0 spiro atoms. The Bertz CT molecular complexity index is 1250. The summed E-state index contributed by atoms with van der Waals surface area (Å²) in [5.41, 5.74) is 4.14. The van der Waals surface area contributed by atoms with E-state index in [0.29, 0.717) is 35.5 Å². The van der Waals surface area contributed by atoms with Crippen LogP contribution in [0.5, 0.6) is 0 Å². The first-order valence-corrected chi connectivity index (χ1v) is 10.5. The number of hydrogen-bond donors (Lipinski definition) is 0. The van der Waals surface area contributed by atoms with Crippen LogP contribution in [0.2, 0.25) is 0 Å². The molecule has 0 fully saturated rings. The minimum atomic E-state index is -0.468. The van der Waals surface area contributed by atoms with Crippen LogP contribution in [0.4, 0.5) is 4.79 Å². The molecular weight excluding hydrogens is 420 g/mol. The van der Waals surface area contributed by atoms with E-state index in [9.17, 15) is 9.59 Å². The van der Waals surface area contributed by atoms with Crippen LogP contribution in [0, 0.1) is 0 Å². The van der Waals surface area contributed by atoms with Gasteiger partial charge in [-0.1, -0.05) is 48.5 Å². The molecular formula is C26H24N2O5. The van der Waals surface area contributed by atoms with Crippen LogP contribution >= 0.6 is 0 Å². The number of carbonyl (C=O) groups is 2. The Hall–Kier alpha value is -4.13. The topological polar surface area (TPSA) is 81.9 Å². The van der Waals surface area contributed by atoms with Gasteiger partial charge in [0.05, 0.1) is 7.11 Å². The largest absolute Gasteiger partial charge is 0.465 e. The highest BCUT2D eigenvalue weighted by molar-refractivity contribution is 6.01. The Kier molecular flexibility index (Phi) is 6.69. The van der Waals surface area contributed by atoms with Crippen LogP contribution in [0.3, 0.4) is 0 Å². The Morgan fingerprint density at radius 3 is 2.42 bits per heavy atom. The molecule has 0 aliphatic heterocycles. The van der Waals surface area contributed by atoms with E-state index in [2.05, 4.69) is 4.98 Å². The summed E-state index contributed by atoms with van der Waals surface area (Å²) in [4.78, 5) is 30.2. The first-order valence-electron chi connectivity index (χ1n) is 10.5. The van der Waals surface area contributed by atoms with Crippen LogP contribution < -0.4 is 0 Å². The average Bonchev–Trinajstić information content (AvgIpc) is 3.30. The number of fused-ring (bicyclic) bond motifs is 1. The van der Waals surface area contributed by atoms with E-state index in [1.165, 1.54) is 7.11 Å². The van der Waals surface area contributed by atoms with E-state index < -0.39 is 5.97 Å². The zero-order chi connectivity index (χ0) is 23.2. The lowest BCUT2D eigenvalue weighted by molar-refractivity contribution is 0.0601. The highest BCUT2D eigenvalue weighted by Crippen LogP contribution is 2.27. The van der Waals surface area contributed by atoms with Crippen molar-refractivity contribution in [3.05, 3.63) is 89.5 Å². The van der Waals surface area contributed by atoms with Gasteiger partial charge in [-0.15, -0.1) is 0 Å². The second-order valence-electron chi connectivity index (χ2n) is 7.57. The zero-order valence-corrected chi connectivity index (χ0v) is 18.5. The number of esters is 1. The van der Waals surface area contributed by atoms with Gasteiger partial charge < -0.3 is 18.8 Å². The number of aromatic nitrogens is 1. The molecule has 0 aliphatic carbocycles. The first kappa shape index (κ1) is 22.1. The van der Waals surface area contributed by atoms with Crippen molar-refractivity contribution in [2.45, 2.75) is 13.0 Å². The second-order valence-corrected chi connectivity index (χ2v) is 7.57. The highest BCUT2D eigenvalue weighted by atomic mass is 16.6. The summed E-state index contributed by atoms with van der Waals surface area (Å²) in [6.45, 7) is 0.777. The Balaban J connectivity index is 1.36. The molecule has 7 heteroatoms. The van der Waals surface area contributed by atoms with Gasteiger partial charge in [0, 0.05) is 19.2 Å². The minimum absolute atomic E-state index is 0.251. The van der Waals surface area contributed by atoms with Crippen LogP contribution in [0.25, 0.3) is 22.6 Å². The molecule has 0 saturated heterocycles. The molecule has 3 aromatic carbocycles. The summed E-state index contributed by atoms with van der Waals surface area (Å²) in [5.74, 6) is -0.0421. The van der Waals surface area contributed by atoms with E-state index in [1.807, 2.05) is 54.6 Å². The summed E-state index contributed by atoms with van der Waals surface area (Å²) in [6, 6.07) is 22.5. The number of carbonyl (C=O) groups excluding carboxylic acids is 2. The van der Waals surface area contributed by atoms with Crippen LogP contribution in [0.1, 0.15) is 21.5 Å². The maximum atomic E-state index is 12.2. The highest BCUT2D eigenvalue weighted by Gasteiger charge is 2.17. The third-order valence-electron chi connectivity index (χ3n) is 5.27. The van der Waals surface area contributed by atoms with Crippen molar-refractivity contribution in [2.75, 3.05) is 20.7 Å². The van der Waals surface area contributed by atoms with Crippen molar-refractivity contribution in [2.24, 2.45) is 0 Å². The number of methoxy groups -OCH3 is 1. The molecule has 0 atom stereocenters. The summed E-state index contributed by atoms with van der Waals surface area (Å²) in [7, 11) is 3.05. The molecule has 4 rings (SSSR count). The quantitative estimate of drug-likeness (QED) is 0.369. The molecule has 1 heterocycles. The van der Waals surface area contributed by atoms with Gasteiger partial charge in [-0.2, -0.15) is 0 Å². The van der Waals surface area contributed by atoms with E-state index >= 15 is 0 Å². The molecule has 1 amide bonds. The van der Waals surface area contributed by atoms with Gasteiger partial charge in [0.2, 0.25) is 5.89 Å². The standard InChI is InChI=1S/C26H24N2O5/c1-28(26(30)32-17-19-7-4-3-5-8-19)16-15-18-11-13-20(14-12-18)24-27-22-10-6-9-21(23(22)33-24)25(29)31-2/h3-14H,15-17H2,1-2H3. The number of amides is 1. The first-order chi connectivity index (χ1) is 16.0. The number of benzene rings is 3. The fourth-order valence-corrected chi connectivity index (χ4v) is 3.37. The number of oxazole rings is 1. The van der Waals surface area contributed by atoms with Gasteiger partial charge in [0.25, 0.3) is 0 Å². The second kappa shape index (κ2) is 9.99. The summed E-state index contributed by atoms with van der Waals surface area (Å²) in [6.07, 6.45) is 0.320. The van der Waals surface area contributed by atoms with Crippen molar-refractivity contribution in [1.82, 2.24) is 9.88 Å². The van der Waals surface area contributed by atoms with Gasteiger partial charge in [0.1, 0.15) is 17.7 Å². The molecule has 0 saturated carbocycles. The smallest absolute Gasteiger partial charge is 0.409 e. The van der Waals surface area contributed by atoms with Crippen LogP contribution in [0.15, 0.2) is 77.2 Å². The number of nitrogens with zero attached hydrogens (tertiary/aromatic N) is 2. The zero-order valence-electron chi connectivity index (χ0n) is 18.5. The Morgan fingerprint density at radius 2 is 1.70 bits per heavy atom. The van der Waals surface area contributed by atoms with Crippen molar-refractivity contribution in [3.8, 4) is 11.5 Å². The maximum absolute atomic E-state index is 12.2. The third kappa shape index (κ3) is 5.20. The van der Waals surface area contributed by atoms with Crippen molar-refractivity contribution < 1.29 is 23.5 Å². The molecule has 7 nitrogen and oxygen atoms in total. The van der Waals surface area contributed by atoms with Gasteiger partial charge >= 0.3 is 12.1 Å². The lowest BCUT2D eigenvalue weighted by Gasteiger charge is -2.17. The SMILES string of the molecule is COC(=O)c1cccc2nc(-c3ccc(CCN(C)C(=O)OCc4ccccc4)cc3)oc12. The molecule has 1 aromatic heterocycles. The molecule has 0 N–H and O–H groups in total. The fraction of sp³-hybridized carbons (Fsp3) is 0.192. The molecule has 168 valence electrons. The van der Waals surface area contributed by atoms with Crippen molar-refractivity contribution in [3.63, 3.8) is 0 Å². The third-order valence-corrected chi connectivity index (χ3v) is 5.27. The predicted molar refractivity (Wildman–Crippen MR) is 124 cm³/mol. The van der Waals surface area contributed by atoms with Crippen molar-refractivity contribution >= 4 is 23.2 Å². The average molecular weight is 444 g/mol. The Labute approximate surface area is 191 Å². The van der Waals surface area contributed by atoms with Gasteiger partial charge in [0.15, 0.2) is 5.58 Å². The van der Waals surface area contributed by atoms with E-state index in [1.54, 1.807) is 30.1 Å². The van der Waals surface area contributed by atoms with Crippen LogP contribution in [-0.2, 0) is 22.5 Å². The number of para-hydroxylation sites is 1. The Morgan fingerprint density at radius 1 is 0.939 bits per heavy atom. The van der Waals surface area contributed by atoms with E-state index in [0.717, 1.165) is 16.7 Å².